The van der Waals surface area contributed by atoms with Crippen molar-refractivity contribution in [2.75, 3.05) is 24.2 Å². The highest BCUT2D eigenvalue weighted by Crippen LogP contribution is 2.20. The molecule has 7 nitrogen and oxygen atoms in total. The number of likely N-dealkylation sites (N-methyl/N-ethyl adjacent to an activating group) is 1. The van der Waals surface area contributed by atoms with E-state index in [-0.39, 0.29) is 37.7 Å². The van der Waals surface area contributed by atoms with Gasteiger partial charge >= 0.3 is 0 Å². The topological polar surface area (TPSA) is 86.8 Å². The van der Waals surface area contributed by atoms with Gasteiger partial charge in [-0.05, 0) is 42.7 Å². The standard InChI is InChI=1S/C23H30FN3O4S/c1-4-21(23(29)25-2)26(17-18-9-6-5-7-10-18)22(28)11-8-16-27(32(3,30)31)20-14-12-19(24)13-15-20/h5-7,9-10,12-15,21H,4,8,11,16-17H2,1-3H3,(H,25,29)/t21-/m1/s1. The van der Waals surface area contributed by atoms with Gasteiger partial charge in [-0.1, -0.05) is 37.3 Å². The van der Waals surface area contributed by atoms with Gasteiger partial charge < -0.3 is 10.2 Å². The zero-order chi connectivity index (χ0) is 23.7. The molecule has 0 saturated carbocycles. The molecule has 0 aliphatic rings. The Kier molecular flexibility index (Phi) is 9.19. The van der Waals surface area contributed by atoms with Gasteiger partial charge in [0, 0.05) is 26.6 Å². The molecule has 174 valence electrons. The van der Waals surface area contributed by atoms with Gasteiger partial charge in [-0.2, -0.15) is 0 Å². The smallest absolute Gasteiger partial charge is 0.242 e. The number of carbonyl (C=O) groups is 2. The molecule has 0 aliphatic heterocycles. The van der Waals surface area contributed by atoms with Crippen molar-refractivity contribution in [1.29, 1.82) is 0 Å². The van der Waals surface area contributed by atoms with Gasteiger partial charge in [0.05, 0.1) is 11.9 Å². The van der Waals surface area contributed by atoms with Gasteiger partial charge in [-0.15, -0.1) is 0 Å². The van der Waals surface area contributed by atoms with Crippen LogP contribution in [0.4, 0.5) is 10.1 Å². The van der Waals surface area contributed by atoms with Gasteiger partial charge in [-0.25, -0.2) is 12.8 Å². The number of carbonyl (C=O) groups excluding carboxylic acids is 2. The van der Waals surface area contributed by atoms with Gasteiger partial charge in [0.2, 0.25) is 21.8 Å². The normalized spacial score (nSPS) is 12.1. The van der Waals surface area contributed by atoms with Gasteiger partial charge in [0.1, 0.15) is 11.9 Å². The van der Waals surface area contributed by atoms with Crippen molar-refractivity contribution in [2.45, 2.75) is 38.8 Å². The highest BCUT2D eigenvalue weighted by molar-refractivity contribution is 7.92. The number of halogens is 1. The largest absolute Gasteiger partial charge is 0.357 e. The van der Waals surface area contributed by atoms with Gasteiger partial charge in [-0.3, -0.25) is 13.9 Å². The molecule has 1 N–H and O–H groups in total. The second-order valence-electron chi connectivity index (χ2n) is 7.46. The van der Waals surface area contributed by atoms with Crippen LogP contribution in [0.15, 0.2) is 54.6 Å². The van der Waals surface area contributed by atoms with Crippen molar-refractivity contribution in [2.24, 2.45) is 0 Å². The third-order valence-corrected chi connectivity index (χ3v) is 6.29. The molecule has 2 rings (SSSR count). The molecule has 0 radical (unpaired) electrons. The molecular formula is C23H30FN3O4S. The zero-order valence-electron chi connectivity index (χ0n) is 18.6. The third-order valence-electron chi connectivity index (χ3n) is 5.09. The first-order valence-electron chi connectivity index (χ1n) is 10.5. The fraction of sp³-hybridized carbons (Fsp3) is 0.391. The summed E-state index contributed by atoms with van der Waals surface area (Å²) in [4.78, 5) is 27.0. The zero-order valence-corrected chi connectivity index (χ0v) is 19.4. The molecule has 2 aromatic rings. The van der Waals surface area contributed by atoms with E-state index in [1.54, 1.807) is 0 Å². The molecule has 0 aliphatic carbocycles. The summed E-state index contributed by atoms with van der Waals surface area (Å²) in [5.74, 6) is -0.952. The maximum atomic E-state index is 13.2. The summed E-state index contributed by atoms with van der Waals surface area (Å²) in [6.45, 7) is 2.18. The van der Waals surface area contributed by atoms with Crippen molar-refractivity contribution < 1.29 is 22.4 Å². The monoisotopic (exact) mass is 463 g/mol. The first-order chi connectivity index (χ1) is 15.2. The second-order valence-corrected chi connectivity index (χ2v) is 9.37. The van der Waals surface area contributed by atoms with Crippen molar-refractivity contribution in [3.05, 3.63) is 66.0 Å². The van der Waals surface area contributed by atoms with E-state index in [2.05, 4.69) is 5.32 Å². The number of benzene rings is 2. The molecule has 0 saturated heterocycles. The van der Waals surface area contributed by atoms with E-state index in [0.29, 0.717) is 12.1 Å². The quantitative estimate of drug-likeness (QED) is 0.555. The van der Waals surface area contributed by atoms with Crippen LogP contribution in [0.3, 0.4) is 0 Å². The summed E-state index contributed by atoms with van der Waals surface area (Å²) in [5, 5.41) is 2.61. The summed E-state index contributed by atoms with van der Waals surface area (Å²) < 4.78 is 38.8. The van der Waals surface area contributed by atoms with E-state index >= 15 is 0 Å². The first kappa shape index (κ1) is 25.3. The van der Waals surface area contributed by atoms with E-state index in [4.69, 9.17) is 0 Å². The Morgan fingerprint density at radius 1 is 1.06 bits per heavy atom. The SMILES string of the molecule is CC[C@H](C(=O)NC)N(Cc1ccccc1)C(=O)CCCN(c1ccc(F)cc1)S(C)(=O)=O. The molecule has 0 spiro atoms. The summed E-state index contributed by atoms with van der Waals surface area (Å²) in [5.41, 5.74) is 1.23. The Hall–Kier alpha value is -2.94. The molecule has 0 bridgehead atoms. The highest BCUT2D eigenvalue weighted by Gasteiger charge is 2.28. The Morgan fingerprint density at radius 2 is 1.69 bits per heavy atom. The summed E-state index contributed by atoms with van der Waals surface area (Å²) in [7, 11) is -2.08. The van der Waals surface area contributed by atoms with Crippen LogP contribution in [0.2, 0.25) is 0 Å². The predicted molar refractivity (Wildman–Crippen MR) is 123 cm³/mol. The molecule has 0 heterocycles. The Labute approximate surface area is 189 Å². The summed E-state index contributed by atoms with van der Waals surface area (Å²) in [6, 6.07) is 13.9. The maximum absolute atomic E-state index is 13.2. The first-order valence-corrected chi connectivity index (χ1v) is 12.3. The fourth-order valence-electron chi connectivity index (χ4n) is 3.48. The van der Waals surface area contributed by atoms with Crippen molar-refractivity contribution >= 4 is 27.5 Å². The third kappa shape index (κ3) is 7.05. The van der Waals surface area contributed by atoms with Crippen LogP contribution in [-0.2, 0) is 26.2 Å². The lowest BCUT2D eigenvalue weighted by atomic mass is 10.1. The van der Waals surface area contributed by atoms with Crippen molar-refractivity contribution in [3.63, 3.8) is 0 Å². The van der Waals surface area contributed by atoms with Crippen LogP contribution < -0.4 is 9.62 Å². The minimum absolute atomic E-state index is 0.0617. The lowest BCUT2D eigenvalue weighted by Gasteiger charge is -2.30. The minimum atomic E-state index is -3.61. The van der Waals surface area contributed by atoms with Gasteiger partial charge in [0.25, 0.3) is 0 Å². The number of nitrogens with zero attached hydrogens (tertiary/aromatic N) is 2. The molecule has 0 unspecified atom stereocenters. The molecule has 0 aromatic heterocycles. The number of nitrogens with one attached hydrogen (secondary N) is 1. The van der Waals surface area contributed by atoms with Crippen LogP contribution in [0, 0.1) is 5.82 Å². The van der Waals surface area contributed by atoms with Crippen molar-refractivity contribution in [3.8, 4) is 0 Å². The number of sulfonamides is 1. The average molecular weight is 464 g/mol. The number of hydrogen-bond donors (Lipinski definition) is 1. The average Bonchev–Trinajstić information content (AvgIpc) is 2.77. The Bertz CT molecular complexity index is 998. The van der Waals surface area contributed by atoms with E-state index in [0.717, 1.165) is 16.1 Å². The van der Waals surface area contributed by atoms with Crippen LogP contribution in [0.25, 0.3) is 0 Å². The molecule has 32 heavy (non-hydrogen) atoms. The van der Waals surface area contributed by atoms with E-state index < -0.39 is 21.9 Å². The van der Waals surface area contributed by atoms with Crippen molar-refractivity contribution in [1.82, 2.24) is 10.2 Å². The lowest BCUT2D eigenvalue weighted by Crippen LogP contribution is -2.48. The van der Waals surface area contributed by atoms with Crippen LogP contribution >= 0.6 is 0 Å². The minimum Gasteiger partial charge on any atom is -0.357 e. The molecule has 9 heteroatoms. The maximum Gasteiger partial charge on any atom is 0.242 e. The predicted octanol–water partition coefficient (Wildman–Crippen LogP) is 2.93. The molecule has 2 aromatic carbocycles. The lowest BCUT2D eigenvalue weighted by molar-refractivity contribution is -0.141. The number of hydrogen-bond acceptors (Lipinski definition) is 4. The van der Waals surface area contributed by atoms with E-state index in [1.807, 2.05) is 37.3 Å². The van der Waals surface area contributed by atoms with E-state index in [1.165, 1.54) is 36.2 Å². The van der Waals surface area contributed by atoms with Crippen LogP contribution in [-0.4, -0.2) is 51.0 Å². The second kappa shape index (κ2) is 11.6. The van der Waals surface area contributed by atoms with Gasteiger partial charge in [0.15, 0.2) is 0 Å². The van der Waals surface area contributed by atoms with Crippen LogP contribution in [0.5, 0.6) is 0 Å². The number of rotatable bonds is 11. The Balaban J connectivity index is 2.15. The molecule has 1 atom stereocenters. The molecular weight excluding hydrogens is 433 g/mol. The summed E-state index contributed by atoms with van der Waals surface area (Å²) >= 11 is 0. The Morgan fingerprint density at radius 3 is 2.22 bits per heavy atom. The molecule has 2 amide bonds. The highest BCUT2D eigenvalue weighted by atomic mass is 32.2. The summed E-state index contributed by atoms with van der Waals surface area (Å²) in [6.07, 6.45) is 1.83. The number of anilines is 1. The molecule has 0 fully saturated rings. The van der Waals surface area contributed by atoms with Crippen LogP contribution in [0.1, 0.15) is 31.7 Å². The van der Waals surface area contributed by atoms with E-state index in [9.17, 15) is 22.4 Å². The fourth-order valence-corrected chi connectivity index (χ4v) is 4.44. The number of amides is 2.